The zero-order valence-electron chi connectivity index (χ0n) is 12.8. The quantitative estimate of drug-likeness (QED) is 0.673. The van der Waals surface area contributed by atoms with Gasteiger partial charge in [-0.15, -0.1) is 0 Å². The average molecular weight is 346 g/mol. The van der Waals surface area contributed by atoms with Crippen LogP contribution in [0, 0.1) is 5.82 Å². The molecule has 1 fully saturated rings. The third kappa shape index (κ3) is 3.24. The zero-order valence-corrected chi connectivity index (χ0v) is 12.8. The molecule has 0 aromatic heterocycles. The molecule has 0 radical (unpaired) electrons. The number of likely N-dealkylation sites (tertiary alicyclic amines) is 1. The highest BCUT2D eigenvalue weighted by Crippen LogP contribution is 2.33. The van der Waals surface area contributed by atoms with Crippen molar-refractivity contribution in [3.8, 4) is 0 Å². The Bertz CT molecular complexity index is 700. The molecule has 1 unspecified atom stereocenters. The molecule has 1 saturated heterocycles. The summed E-state index contributed by atoms with van der Waals surface area (Å²) in [5.41, 5.74) is -2.65. The van der Waals surface area contributed by atoms with Crippen LogP contribution < -0.4 is 5.32 Å². The molecular weight excluding hydrogens is 332 g/mol. The first-order valence-electron chi connectivity index (χ1n) is 7.06. The van der Waals surface area contributed by atoms with Gasteiger partial charge in [-0.1, -0.05) is 6.07 Å². The summed E-state index contributed by atoms with van der Waals surface area (Å²) in [5.74, 6) is -4.03. The number of carbonyl (C=O) groups is 3. The third-order valence-electron chi connectivity index (χ3n) is 3.55. The van der Waals surface area contributed by atoms with Crippen LogP contribution in [-0.2, 0) is 15.8 Å². The van der Waals surface area contributed by atoms with Gasteiger partial charge < -0.3 is 5.32 Å². The standard InChI is InChI=1S/C15H14F4N2O3/c1-7(2)21-11(22)6-10(14(21)24)20-13(23)12-8(15(17,18)19)4-3-5-9(12)16/h3-5,7,10H,6H2,1-2H3,(H,20,23). The van der Waals surface area contributed by atoms with E-state index >= 15 is 0 Å². The number of nitrogens with one attached hydrogen (secondary N) is 1. The summed E-state index contributed by atoms with van der Waals surface area (Å²) in [6, 6.07) is 0.352. The van der Waals surface area contributed by atoms with Crippen molar-refractivity contribution in [1.82, 2.24) is 10.2 Å². The monoisotopic (exact) mass is 346 g/mol. The predicted molar refractivity (Wildman–Crippen MR) is 74.3 cm³/mol. The molecular formula is C15H14F4N2O3. The number of carbonyl (C=O) groups excluding carboxylic acids is 3. The topological polar surface area (TPSA) is 66.5 Å². The van der Waals surface area contributed by atoms with Gasteiger partial charge >= 0.3 is 6.18 Å². The van der Waals surface area contributed by atoms with E-state index in [0.717, 1.165) is 11.0 Å². The van der Waals surface area contributed by atoms with E-state index in [0.29, 0.717) is 12.1 Å². The van der Waals surface area contributed by atoms with Crippen LogP contribution in [0.2, 0.25) is 0 Å². The Morgan fingerprint density at radius 2 is 1.92 bits per heavy atom. The lowest BCUT2D eigenvalue weighted by Crippen LogP contribution is -2.44. The number of nitrogens with zero attached hydrogens (tertiary/aromatic N) is 1. The van der Waals surface area contributed by atoms with Gasteiger partial charge in [0.2, 0.25) is 5.91 Å². The van der Waals surface area contributed by atoms with Gasteiger partial charge in [0.15, 0.2) is 0 Å². The van der Waals surface area contributed by atoms with E-state index in [1.54, 1.807) is 13.8 Å². The van der Waals surface area contributed by atoms with Crippen molar-refractivity contribution >= 4 is 17.7 Å². The molecule has 1 N–H and O–H groups in total. The first-order chi connectivity index (χ1) is 11.0. The van der Waals surface area contributed by atoms with E-state index in [1.807, 2.05) is 5.32 Å². The number of hydrogen-bond acceptors (Lipinski definition) is 3. The number of hydrogen-bond donors (Lipinski definition) is 1. The van der Waals surface area contributed by atoms with Gasteiger partial charge in [0, 0.05) is 6.04 Å². The van der Waals surface area contributed by atoms with E-state index in [-0.39, 0.29) is 6.42 Å². The van der Waals surface area contributed by atoms with Gasteiger partial charge in [0.1, 0.15) is 11.9 Å². The normalized spacial score (nSPS) is 18.5. The molecule has 130 valence electrons. The van der Waals surface area contributed by atoms with Gasteiger partial charge in [-0.25, -0.2) is 4.39 Å². The lowest BCUT2D eigenvalue weighted by Gasteiger charge is -2.19. The second-order valence-electron chi connectivity index (χ2n) is 5.59. The summed E-state index contributed by atoms with van der Waals surface area (Å²) in [6.45, 7) is 3.16. The van der Waals surface area contributed by atoms with Crippen molar-refractivity contribution in [1.29, 1.82) is 0 Å². The molecule has 0 saturated carbocycles. The Balaban J connectivity index is 2.29. The molecule has 1 atom stereocenters. The highest BCUT2D eigenvalue weighted by molar-refractivity contribution is 6.08. The average Bonchev–Trinajstić information content (AvgIpc) is 2.71. The first-order valence-corrected chi connectivity index (χ1v) is 7.06. The van der Waals surface area contributed by atoms with Crippen LogP contribution in [0.25, 0.3) is 0 Å². The maximum absolute atomic E-state index is 13.8. The molecule has 2 rings (SSSR count). The minimum atomic E-state index is -4.94. The Morgan fingerprint density at radius 3 is 2.42 bits per heavy atom. The fourth-order valence-electron chi connectivity index (χ4n) is 2.53. The largest absolute Gasteiger partial charge is 0.417 e. The minimum absolute atomic E-state index is 0.376. The van der Waals surface area contributed by atoms with E-state index in [9.17, 15) is 31.9 Å². The molecule has 0 spiro atoms. The van der Waals surface area contributed by atoms with Crippen LogP contribution in [0.3, 0.4) is 0 Å². The minimum Gasteiger partial charge on any atom is -0.340 e. The van der Waals surface area contributed by atoms with Crippen LogP contribution in [-0.4, -0.2) is 34.7 Å². The van der Waals surface area contributed by atoms with E-state index in [1.165, 1.54) is 0 Å². The molecule has 1 aliphatic heterocycles. The Kier molecular flexibility index (Phi) is 4.63. The van der Waals surface area contributed by atoms with Gasteiger partial charge in [-0.2, -0.15) is 13.2 Å². The lowest BCUT2D eigenvalue weighted by atomic mass is 10.0. The lowest BCUT2D eigenvalue weighted by molar-refractivity contribution is -0.140. The zero-order chi connectivity index (χ0) is 18.2. The number of rotatable bonds is 3. The molecule has 24 heavy (non-hydrogen) atoms. The third-order valence-corrected chi connectivity index (χ3v) is 3.55. The fraction of sp³-hybridized carbons (Fsp3) is 0.400. The summed E-state index contributed by atoms with van der Waals surface area (Å²) in [6.07, 6.45) is -5.31. The van der Waals surface area contributed by atoms with E-state index in [2.05, 4.69) is 0 Å². The molecule has 1 aromatic rings. The molecule has 1 heterocycles. The summed E-state index contributed by atoms with van der Waals surface area (Å²) in [5, 5.41) is 2.02. The van der Waals surface area contributed by atoms with Gasteiger partial charge in [-0.05, 0) is 26.0 Å². The Labute approximate surface area is 134 Å². The second-order valence-corrected chi connectivity index (χ2v) is 5.59. The van der Waals surface area contributed by atoms with Gasteiger partial charge in [0.25, 0.3) is 11.8 Å². The van der Waals surface area contributed by atoms with Crippen LogP contribution in [0.4, 0.5) is 17.6 Å². The molecule has 9 heteroatoms. The van der Waals surface area contributed by atoms with E-state index < -0.39 is 52.9 Å². The highest BCUT2D eigenvalue weighted by atomic mass is 19.4. The van der Waals surface area contributed by atoms with Crippen molar-refractivity contribution in [2.75, 3.05) is 0 Å². The maximum Gasteiger partial charge on any atom is 0.417 e. The SMILES string of the molecule is CC(C)N1C(=O)CC(NC(=O)c2c(F)cccc2C(F)(F)F)C1=O. The van der Waals surface area contributed by atoms with Crippen molar-refractivity contribution in [3.63, 3.8) is 0 Å². The number of benzene rings is 1. The molecule has 0 bridgehead atoms. The molecule has 5 nitrogen and oxygen atoms in total. The Hall–Kier alpha value is -2.45. The number of imide groups is 1. The summed E-state index contributed by atoms with van der Waals surface area (Å²) in [4.78, 5) is 36.8. The van der Waals surface area contributed by atoms with E-state index in [4.69, 9.17) is 0 Å². The molecule has 1 aromatic carbocycles. The molecule has 1 aliphatic rings. The van der Waals surface area contributed by atoms with Crippen LogP contribution >= 0.6 is 0 Å². The summed E-state index contributed by atoms with van der Waals surface area (Å²) < 4.78 is 52.6. The maximum atomic E-state index is 13.8. The number of alkyl halides is 3. The summed E-state index contributed by atoms with van der Waals surface area (Å²) in [7, 11) is 0. The number of halogens is 4. The van der Waals surface area contributed by atoms with Crippen LogP contribution in [0.15, 0.2) is 18.2 Å². The number of amides is 3. The van der Waals surface area contributed by atoms with Gasteiger partial charge in [-0.3, -0.25) is 19.3 Å². The first kappa shape index (κ1) is 17.9. The molecule has 0 aliphatic carbocycles. The summed E-state index contributed by atoms with van der Waals surface area (Å²) >= 11 is 0. The van der Waals surface area contributed by atoms with Crippen molar-refractivity contribution in [2.45, 2.75) is 38.5 Å². The Morgan fingerprint density at radius 1 is 1.29 bits per heavy atom. The van der Waals surface area contributed by atoms with Crippen molar-refractivity contribution in [3.05, 3.63) is 35.1 Å². The fourth-order valence-corrected chi connectivity index (χ4v) is 2.53. The van der Waals surface area contributed by atoms with Crippen molar-refractivity contribution < 1.29 is 31.9 Å². The van der Waals surface area contributed by atoms with Gasteiger partial charge in [0.05, 0.1) is 17.5 Å². The van der Waals surface area contributed by atoms with Crippen LogP contribution in [0.5, 0.6) is 0 Å². The highest BCUT2D eigenvalue weighted by Gasteiger charge is 2.42. The van der Waals surface area contributed by atoms with Crippen molar-refractivity contribution in [2.24, 2.45) is 0 Å². The second kappa shape index (κ2) is 6.21. The molecule has 3 amide bonds. The smallest absolute Gasteiger partial charge is 0.340 e. The predicted octanol–water partition coefficient (Wildman–Crippen LogP) is 2.11. The van der Waals surface area contributed by atoms with Crippen LogP contribution in [0.1, 0.15) is 36.2 Å².